The Labute approximate surface area is 198 Å². The third-order valence-corrected chi connectivity index (χ3v) is 5.51. The number of benzene rings is 2. The molecular weight excluding hydrogens is 460 g/mol. The number of hydrazone groups is 1. The van der Waals surface area contributed by atoms with Gasteiger partial charge < -0.3 is 9.15 Å². The third-order valence-electron chi connectivity index (χ3n) is 5.26. The minimum atomic E-state index is -0.632. The Bertz CT molecular complexity index is 1320. The molecule has 11 heteroatoms. The summed E-state index contributed by atoms with van der Waals surface area (Å²) in [5, 5.41) is 17.3. The van der Waals surface area contributed by atoms with Gasteiger partial charge in [0, 0.05) is 11.4 Å². The van der Waals surface area contributed by atoms with E-state index in [0.29, 0.717) is 34.2 Å². The van der Waals surface area contributed by atoms with Crippen LogP contribution < -0.4 is 0 Å². The number of ether oxygens (including phenoxy) is 1. The first-order valence-electron chi connectivity index (χ1n) is 10.3. The number of furan rings is 1. The fourth-order valence-electron chi connectivity index (χ4n) is 3.57. The molecule has 0 radical (unpaired) electrons. The molecule has 0 N–H and O–H groups in total. The standard InChI is InChI=1S/C23H17ClN6O4/c24-17-7-3-15(4-8-17)19-12-20(21-2-1-11-33-21)30(26-19)22(31)13-34-23(32)16-5-9-18(10-6-16)29-14-25-27-28-29/h1-11,14,20H,12-13H2. The van der Waals surface area contributed by atoms with Gasteiger partial charge in [0.25, 0.3) is 5.91 Å². The summed E-state index contributed by atoms with van der Waals surface area (Å²) in [6.45, 7) is -0.470. The van der Waals surface area contributed by atoms with Crippen molar-refractivity contribution in [2.24, 2.45) is 5.10 Å². The van der Waals surface area contributed by atoms with Crippen molar-refractivity contribution in [1.82, 2.24) is 25.2 Å². The molecule has 2 aromatic carbocycles. The second-order valence-electron chi connectivity index (χ2n) is 7.40. The Balaban J connectivity index is 1.28. The van der Waals surface area contributed by atoms with Crippen LogP contribution in [-0.4, -0.2) is 49.4 Å². The smallest absolute Gasteiger partial charge is 0.338 e. The van der Waals surface area contributed by atoms with E-state index in [2.05, 4.69) is 20.6 Å². The van der Waals surface area contributed by atoms with Crippen molar-refractivity contribution < 1.29 is 18.7 Å². The summed E-state index contributed by atoms with van der Waals surface area (Å²) in [5.41, 5.74) is 2.52. The Hall–Kier alpha value is -4.31. The van der Waals surface area contributed by atoms with E-state index < -0.39 is 24.5 Å². The number of esters is 1. The van der Waals surface area contributed by atoms with Gasteiger partial charge in [0.15, 0.2) is 6.61 Å². The number of tetrazole rings is 1. The lowest BCUT2D eigenvalue weighted by Crippen LogP contribution is -2.31. The minimum Gasteiger partial charge on any atom is -0.467 e. The van der Waals surface area contributed by atoms with Crippen LogP contribution in [0.25, 0.3) is 5.69 Å². The first-order chi connectivity index (χ1) is 16.6. The molecular formula is C23H17ClN6O4. The molecule has 1 aliphatic rings. The highest BCUT2D eigenvalue weighted by Crippen LogP contribution is 2.33. The number of aromatic nitrogens is 4. The van der Waals surface area contributed by atoms with Crippen molar-refractivity contribution in [2.45, 2.75) is 12.5 Å². The van der Waals surface area contributed by atoms with Gasteiger partial charge in [0.1, 0.15) is 18.1 Å². The van der Waals surface area contributed by atoms with Crippen molar-refractivity contribution in [1.29, 1.82) is 0 Å². The molecule has 0 saturated heterocycles. The van der Waals surface area contributed by atoms with Crippen molar-refractivity contribution in [3.05, 3.63) is 95.2 Å². The monoisotopic (exact) mass is 476 g/mol. The van der Waals surface area contributed by atoms with E-state index in [-0.39, 0.29) is 0 Å². The van der Waals surface area contributed by atoms with Gasteiger partial charge in [-0.1, -0.05) is 23.7 Å². The van der Waals surface area contributed by atoms with Crippen LogP contribution in [0.15, 0.2) is 82.8 Å². The second-order valence-corrected chi connectivity index (χ2v) is 7.84. The van der Waals surface area contributed by atoms with Crippen molar-refractivity contribution in [3.8, 4) is 5.69 Å². The number of halogens is 1. The molecule has 1 atom stereocenters. The predicted octanol–water partition coefficient (Wildman–Crippen LogP) is 3.44. The highest BCUT2D eigenvalue weighted by Gasteiger charge is 2.35. The van der Waals surface area contributed by atoms with Gasteiger partial charge >= 0.3 is 5.97 Å². The van der Waals surface area contributed by atoms with Crippen LogP contribution in [0.5, 0.6) is 0 Å². The molecule has 0 bridgehead atoms. The normalized spacial score (nSPS) is 15.3. The van der Waals surface area contributed by atoms with Crippen molar-refractivity contribution >= 4 is 29.2 Å². The number of carbonyl (C=O) groups is 2. The van der Waals surface area contributed by atoms with Crippen LogP contribution in [0.2, 0.25) is 5.02 Å². The molecule has 170 valence electrons. The lowest BCUT2D eigenvalue weighted by atomic mass is 10.0. The van der Waals surface area contributed by atoms with Crippen LogP contribution >= 0.6 is 11.6 Å². The lowest BCUT2D eigenvalue weighted by molar-refractivity contribution is -0.136. The van der Waals surface area contributed by atoms with E-state index in [1.807, 2.05) is 12.1 Å². The average Bonchev–Trinajstić information content (AvgIpc) is 3.64. The summed E-state index contributed by atoms with van der Waals surface area (Å²) in [7, 11) is 0. The maximum Gasteiger partial charge on any atom is 0.338 e. The number of carbonyl (C=O) groups excluding carboxylic acids is 2. The Morgan fingerprint density at radius 2 is 1.88 bits per heavy atom. The lowest BCUT2D eigenvalue weighted by Gasteiger charge is -2.19. The van der Waals surface area contributed by atoms with E-state index in [4.69, 9.17) is 20.8 Å². The van der Waals surface area contributed by atoms with E-state index >= 15 is 0 Å². The summed E-state index contributed by atoms with van der Waals surface area (Å²) < 4.78 is 12.2. The topological polar surface area (TPSA) is 116 Å². The molecule has 3 heterocycles. The highest BCUT2D eigenvalue weighted by molar-refractivity contribution is 6.30. The van der Waals surface area contributed by atoms with Crippen LogP contribution in [0.3, 0.4) is 0 Å². The van der Waals surface area contributed by atoms with E-state index in [1.165, 1.54) is 22.3 Å². The molecule has 1 unspecified atom stereocenters. The number of rotatable bonds is 6. The second kappa shape index (κ2) is 9.28. The number of amides is 1. The molecule has 0 fully saturated rings. The zero-order valence-corrected chi connectivity index (χ0v) is 18.4. The third kappa shape index (κ3) is 4.44. The highest BCUT2D eigenvalue weighted by atomic mass is 35.5. The minimum absolute atomic E-state index is 0.291. The molecule has 10 nitrogen and oxygen atoms in total. The predicted molar refractivity (Wildman–Crippen MR) is 120 cm³/mol. The van der Waals surface area contributed by atoms with E-state index in [0.717, 1.165) is 5.56 Å². The quantitative estimate of drug-likeness (QED) is 0.391. The zero-order valence-electron chi connectivity index (χ0n) is 17.6. The number of hydrogen-bond acceptors (Lipinski definition) is 8. The van der Waals surface area contributed by atoms with E-state index in [9.17, 15) is 9.59 Å². The van der Waals surface area contributed by atoms with Gasteiger partial charge in [-0.05, 0) is 64.5 Å². The molecule has 0 aliphatic carbocycles. The molecule has 0 saturated carbocycles. The summed E-state index contributed by atoms with van der Waals surface area (Å²) in [6, 6.07) is 16.8. The fraction of sp³-hybridized carbons (Fsp3) is 0.130. The Morgan fingerprint density at radius 1 is 1.09 bits per heavy atom. The molecule has 34 heavy (non-hydrogen) atoms. The largest absolute Gasteiger partial charge is 0.467 e. The molecule has 1 aliphatic heterocycles. The average molecular weight is 477 g/mol. The maximum absolute atomic E-state index is 13.0. The SMILES string of the molecule is O=C(OCC(=O)N1N=C(c2ccc(Cl)cc2)CC1c1ccco1)c1ccc(-n2cnnn2)cc1. The summed E-state index contributed by atoms with van der Waals surface area (Å²) in [6.07, 6.45) is 3.43. The molecule has 4 aromatic rings. The molecule has 0 spiro atoms. The van der Waals surface area contributed by atoms with Gasteiger partial charge in [-0.2, -0.15) is 5.10 Å². The summed E-state index contributed by atoms with van der Waals surface area (Å²) in [4.78, 5) is 25.5. The van der Waals surface area contributed by atoms with Crippen molar-refractivity contribution in [2.75, 3.05) is 6.61 Å². The van der Waals surface area contributed by atoms with Gasteiger partial charge in [-0.3, -0.25) is 4.79 Å². The maximum atomic E-state index is 13.0. The van der Waals surface area contributed by atoms with Crippen LogP contribution in [0, 0.1) is 0 Å². The van der Waals surface area contributed by atoms with Gasteiger partial charge in [-0.15, -0.1) is 5.10 Å². The van der Waals surface area contributed by atoms with Gasteiger partial charge in [0.05, 0.1) is 23.2 Å². The molecule has 5 rings (SSSR count). The van der Waals surface area contributed by atoms with Gasteiger partial charge in [0.2, 0.25) is 0 Å². The number of hydrogen-bond donors (Lipinski definition) is 0. The number of nitrogens with zero attached hydrogens (tertiary/aromatic N) is 6. The fourth-order valence-corrected chi connectivity index (χ4v) is 3.69. The molecule has 2 aromatic heterocycles. The molecule has 1 amide bonds. The zero-order chi connectivity index (χ0) is 23.5. The van der Waals surface area contributed by atoms with Crippen molar-refractivity contribution in [3.63, 3.8) is 0 Å². The summed E-state index contributed by atoms with van der Waals surface area (Å²) in [5.74, 6) is -0.512. The van der Waals surface area contributed by atoms with Crippen LogP contribution in [-0.2, 0) is 9.53 Å². The first-order valence-corrected chi connectivity index (χ1v) is 10.7. The van der Waals surface area contributed by atoms with E-state index in [1.54, 1.807) is 48.5 Å². The first kappa shape index (κ1) is 21.5. The Kier molecular flexibility index (Phi) is 5.88. The van der Waals surface area contributed by atoms with Crippen LogP contribution in [0.1, 0.15) is 34.1 Å². The summed E-state index contributed by atoms with van der Waals surface area (Å²) >= 11 is 5.99. The Morgan fingerprint density at radius 3 is 2.56 bits per heavy atom. The van der Waals surface area contributed by atoms with Gasteiger partial charge in [-0.25, -0.2) is 14.5 Å². The van der Waals surface area contributed by atoms with Crippen LogP contribution in [0.4, 0.5) is 0 Å².